The molecule has 1 rings (SSSR count). The second kappa shape index (κ2) is 4.67. The van der Waals surface area contributed by atoms with Crippen LogP contribution in [0.15, 0.2) is 0 Å². The molecule has 1 aliphatic heterocycles. The molecule has 15 heavy (non-hydrogen) atoms. The molecule has 0 unspecified atom stereocenters. The van der Waals surface area contributed by atoms with Crippen LogP contribution in [0.5, 0.6) is 0 Å². The topological polar surface area (TPSA) is 33.9 Å². The summed E-state index contributed by atoms with van der Waals surface area (Å²) in [4.78, 5) is 0.756. The zero-order valence-corrected chi connectivity index (χ0v) is 8.84. The van der Waals surface area contributed by atoms with Crippen LogP contribution in [-0.4, -0.2) is 49.2 Å². The first-order valence-corrected chi connectivity index (χ1v) is 5.00. The molecule has 1 aliphatic rings. The zero-order chi connectivity index (χ0) is 11.6. The molecule has 2 N–H and O–H groups in total. The second-order valence-electron chi connectivity index (χ2n) is 4.18. The van der Waals surface area contributed by atoms with E-state index in [1.54, 1.807) is 0 Å². The maximum atomic E-state index is 12.2. The molecule has 3 nitrogen and oxygen atoms in total. The number of halogens is 3. The van der Waals surface area contributed by atoms with Gasteiger partial charge in [0.2, 0.25) is 0 Å². The standard InChI is InChI=1S/C9H16F3NO2/c1-6-4-15-5-7(2)13(6)3-8(14)9(10,11)12/h6-8,14H,3-5H2,1-2H3/p+1/t6-,7-,8+/m1/s1. The number of quaternary nitrogens is 1. The minimum Gasteiger partial charge on any atom is -0.379 e. The third kappa shape index (κ3) is 3.32. The van der Waals surface area contributed by atoms with E-state index in [0.717, 1.165) is 4.90 Å². The largest absolute Gasteiger partial charge is 0.419 e. The summed E-state index contributed by atoms with van der Waals surface area (Å²) in [6.07, 6.45) is -6.76. The summed E-state index contributed by atoms with van der Waals surface area (Å²) in [5, 5.41) is 8.99. The Kier molecular flexibility index (Phi) is 3.97. The Morgan fingerprint density at radius 1 is 1.33 bits per heavy atom. The lowest BCUT2D eigenvalue weighted by atomic mass is 10.1. The van der Waals surface area contributed by atoms with Crippen molar-refractivity contribution in [1.29, 1.82) is 0 Å². The molecule has 0 aromatic rings. The van der Waals surface area contributed by atoms with Gasteiger partial charge in [-0.15, -0.1) is 0 Å². The smallest absolute Gasteiger partial charge is 0.379 e. The van der Waals surface area contributed by atoms with Crippen LogP contribution in [0.2, 0.25) is 0 Å². The van der Waals surface area contributed by atoms with E-state index in [2.05, 4.69) is 0 Å². The molecule has 0 radical (unpaired) electrons. The zero-order valence-electron chi connectivity index (χ0n) is 8.84. The van der Waals surface area contributed by atoms with Gasteiger partial charge in [-0.05, 0) is 13.8 Å². The fourth-order valence-electron chi connectivity index (χ4n) is 1.86. The van der Waals surface area contributed by atoms with Gasteiger partial charge in [0.1, 0.15) is 18.6 Å². The van der Waals surface area contributed by atoms with Gasteiger partial charge < -0.3 is 14.7 Å². The molecule has 90 valence electrons. The molecule has 0 aromatic heterocycles. The van der Waals surface area contributed by atoms with Gasteiger partial charge in [-0.2, -0.15) is 13.2 Å². The fourth-order valence-corrected chi connectivity index (χ4v) is 1.86. The lowest BCUT2D eigenvalue weighted by Gasteiger charge is -2.36. The Morgan fingerprint density at radius 2 is 1.80 bits per heavy atom. The van der Waals surface area contributed by atoms with E-state index in [1.807, 2.05) is 13.8 Å². The number of hydrogen-bond acceptors (Lipinski definition) is 2. The van der Waals surface area contributed by atoms with Crippen molar-refractivity contribution >= 4 is 0 Å². The number of nitrogens with one attached hydrogen (secondary N) is 1. The van der Waals surface area contributed by atoms with Crippen molar-refractivity contribution in [2.45, 2.75) is 38.2 Å². The highest BCUT2D eigenvalue weighted by Crippen LogP contribution is 2.18. The normalized spacial score (nSPS) is 31.6. The SMILES string of the molecule is C[C@@H]1COC[C@@H](C)[NH+]1C[C@H](O)C(F)(F)F. The molecule has 1 heterocycles. The maximum absolute atomic E-state index is 12.2. The molecule has 0 bridgehead atoms. The van der Waals surface area contributed by atoms with Crippen LogP contribution < -0.4 is 4.90 Å². The third-order valence-corrected chi connectivity index (χ3v) is 2.81. The average Bonchev–Trinajstić information content (AvgIpc) is 2.09. The van der Waals surface area contributed by atoms with Crippen molar-refractivity contribution in [1.82, 2.24) is 0 Å². The van der Waals surface area contributed by atoms with Crippen molar-refractivity contribution in [2.24, 2.45) is 0 Å². The fraction of sp³-hybridized carbons (Fsp3) is 1.00. The van der Waals surface area contributed by atoms with Crippen LogP contribution in [0.3, 0.4) is 0 Å². The number of ether oxygens (including phenoxy) is 1. The van der Waals surface area contributed by atoms with Crippen LogP contribution in [0, 0.1) is 0 Å². The van der Waals surface area contributed by atoms with Crippen molar-refractivity contribution in [3.05, 3.63) is 0 Å². The number of aliphatic hydroxyl groups excluding tert-OH is 1. The highest BCUT2D eigenvalue weighted by atomic mass is 19.4. The average molecular weight is 228 g/mol. The molecule has 3 atom stereocenters. The summed E-state index contributed by atoms with van der Waals surface area (Å²) in [7, 11) is 0. The van der Waals surface area contributed by atoms with Gasteiger partial charge >= 0.3 is 6.18 Å². The second-order valence-corrected chi connectivity index (χ2v) is 4.18. The Bertz CT molecular complexity index is 200. The molecule has 0 amide bonds. The first-order chi connectivity index (χ1) is 6.82. The maximum Gasteiger partial charge on any atom is 0.419 e. The van der Waals surface area contributed by atoms with Gasteiger partial charge in [0.05, 0.1) is 13.2 Å². The number of morpholine rings is 1. The molecule has 1 saturated heterocycles. The highest BCUT2D eigenvalue weighted by Gasteiger charge is 2.43. The summed E-state index contributed by atoms with van der Waals surface area (Å²) in [5.74, 6) is 0. The van der Waals surface area contributed by atoms with Crippen molar-refractivity contribution < 1.29 is 27.9 Å². The van der Waals surface area contributed by atoms with Crippen molar-refractivity contribution in [3.63, 3.8) is 0 Å². The molecular formula is C9H17F3NO2+. The van der Waals surface area contributed by atoms with Gasteiger partial charge in [-0.1, -0.05) is 0 Å². The monoisotopic (exact) mass is 228 g/mol. The summed E-state index contributed by atoms with van der Waals surface area (Å²) in [6.45, 7) is 4.26. The van der Waals surface area contributed by atoms with E-state index in [-0.39, 0.29) is 18.6 Å². The van der Waals surface area contributed by atoms with Crippen molar-refractivity contribution in [2.75, 3.05) is 19.8 Å². The number of alkyl halides is 3. The minimum absolute atomic E-state index is 0.00856. The van der Waals surface area contributed by atoms with E-state index in [0.29, 0.717) is 13.2 Å². The van der Waals surface area contributed by atoms with Gasteiger partial charge in [0.25, 0.3) is 0 Å². The Balaban J connectivity index is 2.55. The van der Waals surface area contributed by atoms with E-state index < -0.39 is 12.3 Å². The number of rotatable bonds is 2. The summed E-state index contributed by atoms with van der Waals surface area (Å²) >= 11 is 0. The van der Waals surface area contributed by atoms with E-state index in [4.69, 9.17) is 9.84 Å². The molecule has 0 saturated carbocycles. The molecule has 0 spiro atoms. The Morgan fingerprint density at radius 3 is 2.20 bits per heavy atom. The summed E-state index contributed by atoms with van der Waals surface area (Å²) in [6, 6.07) is -0.0171. The number of aliphatic hydroxyl groups is 1. The van der Waals surface area contributed by atoms with Crippen LogP contribution in [0.1, 0.15) is 13.8 Å². The molecular weight excluding hydrogens is 211 g/mol. The van der Waals surface area contributed by atoms with Gasteiger partial charge in [0.15, 0.2) is 6.10 Å². The Hall–Kier alpha value is -0.330. The van der Waals surface area contributed by atoms with Crippen LogP contribution in [0.4, 0.5) is 13.2 Å². The van der Waals surface area contributed by atoms with E-state index >= 15 is 0 Å². The van der Waals surface area contributed by atoms with Gasteiger partial charge in [-0.25, -0.2) is 0 Å². The number of hydrogen-bond donors (Lipinski definition) is 2. The molecule has 1 fully saturated rings. The minimum atomic E-state index is -4.52. The molecule has 0 aromatic carbocycles. The predicted molar refractivity (Wildman–Crippen MR) is 47.6 cm³/mol. The van der Waals surface area contributed by atoms with Crippen LogP contribution >= 0.6 is 0 Å². The van der Waals surface area contributed by atoms with Crippen LogP contribution in [0.25, 0.3) is 0 Å². The van der Waals surface area contributed by atoms with Gasteiger partial charge in [-0.3, -0.25) is 0 Å². The molecule has 6 heteroatoms. The summed E-state index contributed by atoms with van der Waals surface area (Å²) < 4.78 is 41.7. The first-order valence-electron chi connectivity index (χ1n) is 5.00. The van der Waals surface area contributed by atoms with E-state index in [9.17, 15) is 13.2 Å². The van der Waals surface area contributed by atoms with Crippen molar-refractivity contribution in [3.8, 4) is 0 Å². The van der Waals surface area contributed by atoms with Gasteiger partial charge in [0, 0.05) is 0 Å². The van der Waals surface area contributed by atoms with Crippen LogP contribution in [-0.2, 0) is 4.74 Å². The molecule has 0 aliphatic carbocycles. The lowest BCUT2D eigenvalue weighted by Crippen LogP contribution is -3.21. The highest BCUT2D eigenvalue weighted by molar-refractivity contribution is 4.66. The predicted octanol–water partition coefficient (Wildman–Crippen LogP) is -0.398. The summed E-state index contributed by atoms with van der Waals surface area (Å²) in [5.41, 5.74) is 0. The first kappa shape index (κ1) is 12.7. The third-order valence-electron chi connectivity index (χ3n) is 2.81. The quantitative estimate of drug-likeness (QED) is 0.674. The van der Waals surface area contributed by atoms with E-state index in [1.165, 1.54) is 0 Å². The Labute approximate surface area is 86.8 Å². The lowest BCUT2D eigenvalue weighted by molar-refractivity contribution is -0.958.